The molecule has 1 aromatic heterocycles. The Labute approximate surface area is 110 Å². The Bertz CT molecular complexity index is 736. The van der Waals surface area contributed by atoms with Gasteiger partial charge in [-0.1, -0.05) is 11.6 Å². The molecule has 2 rings (SSSR count). The maximum absolute atomic E-state index is 13.0. The van der Waals surface area contributed by atoms with Crippen LogP contribution in [0.1, 0.15) is 10.4 Å². The molecule has 0 aliphatic rings. The van der Waals surface area contributed by atoms with Gasteiger partial charge in [-0.3, -0.25) is 9.78 Å². The molecule has 8 heteroatoms. The highest BCUT2D eigenvalue weighted by Crippen LogP contribution is 2.09. The number of carbonyl (C=O) groups is 1. The van der Waals surface area contributed by atoms with Gasteiger partial charge in [0.25, 0.3) is 5.56 Å². The summed E-state index contributed by atoms with van der Waals surface area (Å²) in [6, 6.07) is 5.65. The van der Waals surface area contributed by atoms with Gasteiger partial charge in [0, 0.05) is 5.02 Å². The molecule has 0 amide bonds. The quantitative estimate of drug-likeness (QED) is 0.875. The number of carbonyl (C=O) groups excluding carboxylic acids is 1. The lowest BCUT2D eigenvalue weighted by Gasteiger charge is -2.05. The van der Waals surface area contributed by atoms with Crippen LogP contribution in [-0.2, 0) is 0 Å². The summed E-state index contributed by atoms with van der Waals surface area (Å²) < 4.78 is 13.3. The number of rotatable bonds is 2. The second-order valence-corrected chi connectivity index (χ2v) is 3.88. The van der Waals surface area contributed by atoms with Gasteiger partial charge >= 0.3 is 11.7 Å². The zero-order valence-electron chi connectivity index (χ0n) is 9.22. The molecule has 0 bridgehead atoms. The fraction of sp³-hybridized carbons (Fsp3) is 0. The van der Waals surface area contributed by atoms with Crippen LogP contribution in [0.5, 0.6) is 0 Å². The van der Waals surface area contributed by atoms with Crippen molar-refractivity contribution in [1.29, 1.82) is 0 Å². The highest BCUT2D eigenvalue weighted by atomic mass is 35.5. The first-order valence-corrected chi connectivity index (χ1v) is 5.35. The minimum Gasteiger partial charge on any atom is -0.327 e. The minimum atomic E-state index is -1.25. The average Bonchev–Trinajstić information content (AvgIpc) is 2.36. The summed E-state index contributed by atoms with van der Waals surface area (Å²) in [7, 11) is 0. The second-order valence-electron chi connectivity index (χ2n) is 3.45. The van der Waals surface area contributed by atoms with Crippen molar-refractivity contribution in [2.45, 2.75) is 0 Å². The third-order valence-electron chi connectivity index (χ3n) is 2.13. The molecule has 0 aliphatic carbocycles. The van der Waals surface area contributed by atoms with Crippen LogP contribution in [-0.4, -0.2) is 15.7 Å². The molecule has 0 saturated carbocycles. The van der Waals surface area contributed by atoms with Crippen LogP contribution in [0.15, 0.2) is 40.1 Å². The van der Waals surface area contributed by atoms with E-state index < -0.39 is 23.0 Å². The summed E-state index contributed by atoms with van der Waals surface area (Å²) >= 11 is 5.64. The highest BCUT2D eigenvalue weighted by molar-refractivity contribution is 6.30. The SMILES string of the molecule is O=C(On1cc(F)c(=O)[nH]c1=O)c1ccc(Cl)cc1. The van der Waals surface area contributed by atoms with E-state index in [1.165, 1.54) is 24.3 Å². The Hall–Kier alpha value is -2.41. The summed E-state index contributed by atoms with van der Waals surface area (Å²) in [6.07, 6.45) is 0.481. The number of nitrogens with zero attached hydrogens (tertiary/aromatic N) is 1. The Balaban J connectivity index is 2.29. The van der Waals surface area contributed by atoms with Crippen LogP contribution in [0.25, 0.3) is 0 Å². The third kappa shape index (κ3) is 2.89. The topological polar surface area (TPSA) is 81.2 Å². The van der Waals surface area contributed by atoms with Gasteiger partial charge in [-0.15, -0.1) is 4.73 Å². The van der Waals surface area contributed by atoms with Gasteiger partial charge in [0.15, 0.2) is 0 Å². The molecule has 0 spiro atoms. The number of nitrogens with one attached hydrogen (secondary N) is 1. The number of aromatic amines is 1. The van der Waals surface area contributed by atoms with Crippen LogP contribution >= 0.6 is 11.6 Å². The van der Waals surface area contributed by atoms with Gasteiger partial charge in [0.2, 0.25) is 5.82 Å². The van der Waals surface area contributed by atoms with Crippen molar-refractivity contribution in [2.24, 2.45) is 0 Å². The third-order valence-corrected chi connectivity index (χ3v) is 2.38. The van der Waals surface area contributed by atoms with Gasteiger partial charge in [-0.05, 0) is 24.3 Å². The van der Waals surface area contributed by atoms with Crippen LogP contribution in [0.3, 0.4) is 0 Å². The van der Waals surface area contributed by atoms with E-state index in [9.17, 15) is 18.8 Å². The van der Waals surface area contributed by atoms with Crippen molar-refractivity contribution < 1.29 is 14.0 Å². The van der Waals surface area contributed by atoms with Crippen LogP contribution in [0, 0.1) is 5.82 Å². The van der Waals surface area contributed by atoms with Gasteiger partial charge < -0.3 is 4.84 Å². The molecule has 0 saturated heterocycles. The Morgan fingerprint density at radius 2 is 1.89 bits per heavy atom. The summed E-state index contributed by atoms with van der Waals surface area (Å²) in [4.78, 5) is 39.9. The number of halogens is 2. The van der Waals surface area contributed by atoms with E-state index >= 15 is 0 Å². The second kappa shape index (κ2) is 5.07. The molecule has 0 unspecified atom stereocenters. The van der Waals surface area contributed by atoms with E-state index in [4.69, 9.17) is 11.6 Å². The fourth-order valence-electron chi connectivity index (χ4n) is 1.23. The number of hydrogen-bond acceptors (Lipinski definition) is 4. The van der Waals surface area contributed by atoms with E-state index in [0.717, 1.165) is 0 Å². The first kappa shape index (κ1) is 13.0. The van der Waals surface area contributed by atoms with Crippen molar-refractivity contribution in [3.8, 4) is 0 Å². The molecular formula is C11H6ClFN2O4. The minimum absolute atomic E-state index is 0.114. The van der Waals surface area contributed by atoms with E-state index in [-0.39, 0.29) is 5.56 Å². The van der Waals surface area contributed by atoms with Gasteiger partial charge in [-0.2, -0.15) is 4.39 Å². The van der Waals surface area contributed by atoms with Crippen molar-refractivity contribution in [3.63, 3.8) is 0 Å². The standard InChI is InChI=1S/C11H6ClFN2O4/c12-7-3-1-6(2-4-7)10(17)19-15-5-8(13)9(16)14-11(15)18/h1-5H,(H,14,16,18). The lowest BCUT2D eigenvalue weighted by Crippen LogP contribution is -2.37. The number of hydrogen-bond donors (Lipinski definition) is 1. The molecule has 6 nitrogen and oxygen atoms in total. The van der Waals surface area contributed by atoms with Crippen LogP contribution in [0.2, 0.25) is 5.02 Å². The molecule has 0 aliphatic heterocycles. The maximum atomic E-state index is 13.0. The zero-order valence-corrected chi connectivity index (χ0v) is 9.98. The molecule has 0 radical (unpaired) electrons. The van der Waals surface area contributed by atoms with Crippen molar-refractivity contribution >= 4 is 17.6 Å². The van der Waals surface area contributed by atoms with E-state index in [2.05, 4.69) is 4.84 Å². The lowest BCUT2D eigenvalue weighted by molar-refractivity contribution is 0.0429. The fourth-order valence-corrected chi connectivity index (χ4v) is 1.35. The summed E-state index contributed by atoms with van der Waals surface area (Å²) in [5.41, 5.74) is -2.14. The van der Waals surface area contributed by atoms with Crippen LogP contribution < -0.4 is 16.1 Å². The lowest BCUT2D eigenvalue weighted by atomic mass is 10.2. The summed E-state index contributed by atoms with van der Waals surface area (Å²) in [5.74, 6) is -2.14. The zero-order chi connectivity index (χ0) is 14.0. The molecule has 2 aromatic rings. The monoisotopic (exact) mass is 284 g/mol. The highest BCUT2D eigenvalue weighted by Gasteiger charge is 2.11. The average molecular weight is 285 g/mol. The Kier molecular flexibility index (Phi) is 3.48. The van der Waals surface area contributed by atoms with Crippen molar-refractivity contribution in [2.75, 3.05) is 0 Å². The van der Waals surface area contributed by atoms with E-state index in [1.54, 1.807) is 4.98 Å². The Morgan fingerprint density at radius 1 is 1.26 bits per heavy atom. The van der Waals surface area contributed by atoms with Crippen molar-refractivity contribution in [1.82, 2.24) is 9.71 Å². The molecule has 1 heterocycles. The van der Waals surface area contributed by atoms with Crippen LogP contribution in [0.4, 0.5) is 4.39 Å². The largest absolute Gasteiger partial charge is 0.363 e. The normalized spacial score (nSPS) is 10.2. The Morgan fingerprint density at radius 3 is 2.53 bits per heavy atom. The predicted molar refractivity (Wildman–Crippen MR) is 63.6 cm³/mol. The molecule has 1 aromatic carbocycles. The molecule has 98 valence electrons. The van der Waals surface area contributed by atoms with E-state index in [0.29, 0.717) is 15.9 Å². The van der Waals surface area contributed by atoms with Gasteiger partial charge in [0.05, 0.1) is 11.8 Å². The number of H-pyrrole nitrogens is 1. The first-order chi connectivity index (χ1) is 8.97. The molecule has 0 fully saturated rings. The predicted octanol–water partition coefficient (Wildman–Crippen LogP) is 0.598. The summed E-state index contributed by atoms with van der Waals surface area (Å²) in [5, 5.41) is 0.420. The van der Waals surface area contributed by atoms with Gasteiger partial charge in [0.1, 0.15) is 0 Å². The van der Waals surface area contributed by atoms with E-state index in [1.807, 2.05) is 0 Å². The summed E-state index contributed by atoms with van der Waals surface area (Å²) in [6.45, 7) is 0. The molecule has 1 N–H and O–H groups in total. The number of aromatic nitrogens is 2. The molecule has 0 atom stereocenters. The maximum Gasteiger partial charge on any atom is 0.363 e. The smallest absolute Gasteiger partial charge is 0.327 e. The van der Waals surface area contributed by atoms with Crippen molar-refractivity contribution in [3.05, 3.63) is 67.7 Å². The molecule has 19 heavy (non-hydrogen) atoms. The first-order valence-electron chi connectivity index (χ1n) is 4.97. The number of benzene rings is 1. The van der Waals surface area contributed by atoms with Gasteiger partial charge in [-0.25, -0.2) is 9.59 Å². The molecular weight excluding hydrogens is 279 g/mol.